The molecule has 0 aliphatic rings. The molecule has 2 rings (SSSR count). The third-order valence-corrected chi connectivity index (χ3v) is 2.59. The standard InChI is InChI=1S/C11H11ClN4O3/c1-16-9(19-2)5-8(15-16)14-10-6(11(17)18)3-4-7(12)13-10/h3-5H,1-2H3,(H,17,18)(H,13,14,15). The molecule has 0 saturated heterocycles. The zero-order chi connectivity index (χ0) is 14.0. The van der Waals surface area contributed by atoms with Crippen LogP contribution in [0.15, 0.2) is 18.2 Å². The minimum Gasteiger partial charge on any atom is -0.481 e. The fourth-order valence-electron chi connectivity index (χ4n) is 1.53. The first kappa shape index (κ1) is 13.2. The average Bonchev–Trinajstić information content (AvgIpc) is 2.69. The molecule has 0 amide bonds. The molecule has 0 fully saturated rings. The topological polar surface area (TPSA) is 89.3 Å². The summed E-state index contributed by atoms with van der Waals surface area (Å²) >= 11 is 5.76. The van der Waals surface area contributed by atoms with Crippen LogP contribution in [0.1, 0.15) is 10.4 Å². The smallest absolute Gasteiger partial charge is 0.339 e. The Balaban J connectivity index is 2.36. The van der Waals surface area contributed by atoms with Gasteiger partial charge in [0, 0.05) is 13.1 Å². The van der Waals surface area contributed by atoms with Crippen molar-refractivity contribution >= 4 is 29.2 Å². The number of aromatic nitrogens is 3. The lowest BCUT2D eigenvalue weighted by Gasteiger charge is -2.05. The van der Waals surface area contributed by atoms with E-state index in [1.807, 2.05) is 0 Å². The van der Waals surface area contributed by atoms with Crippen LogP contribution in [0, 0.1) is 0 Å². The molecule has 0 atom stereocenters. The third-order valence-electron chi connectivity index (χ3n) is 2.38. The number of carbonyl (C=O) groups is 1. The van der Waals surface area contributed by atoms with Gasteiger partial charge in [0.15, 0.2) is 5.82 Å². The normalized spacial score (nSPS) is 10.3. The van der Waals surface area contributed by atoms with E-state index in [9.17, 15) is 4.79 Å². The predicted molar refractivity (Wildman–Crippen MR) is 69.2 cm³/mol. The number of aromatic carboxylic acids is 1. The van der Waals surface area contributed by atoms with Crippen LogP contribution in [0.2, 0.25) is 5.15 Å². The van der Waals surface area contributed by atoms with E-state index in [0.29, 0.717) is 11.7 Å². The number of ether oxygens (including phenoxy) is 1. The van der Waals surface area contributed by atoms with Crippen molar-refractivity contribution < 1.29 is 14.6 Å². The Morgan fingerprint density at radius 2 is 2.26 bits per heavy atom. The summed E-state index contributed by atoms with van der Waals surface area (Å²) in [7, 11) is 3.22. The predicted octanol–water partition coefficient (Wildman–Crippen LogP) is 1.92. The number of carboxylic acids is 1. The van der Waals surface area contributed by atoms with Crippen LogP contribution >= 0.6 is 11.6 Å². The van der Waals surface area contributed by atoms with E-state index in [2.05, 4.69) is 15.4 Å². The second-order valence-corrected chi connectivity index (χ2v) is 4.04. The molecule has 100 valence electrons. The van der Waals surface area contributed by atoms with Gasteiger partial charge >= 0.3 is 5.97 Å². The van der Waals surface area contributed by atoms with Gasteiger partial charge in [0.1, 0.15) is 16.5 Å². The minimum absolute atomic E-state index is 0.00835. The first-order chi connectivity index (χ1) is 9.01. The number of hydrogen-bond acceptors (Lipinski definition) is 5. The van der Waals surface area contributed by atoms with Crippen LogP contribution in [0.5, 0.6) is 5.88 Å². The highest BCUT2D eigenvalue weighted by Crippen LogP contribution is 2.23. The summed E-state index contributed by atoms with van der Waals surface area (Å²) in [6.45, 7) is 0. The van der Waals surface area contributed by atoms with Crippen molar-refractivity contribution in [3.63, 3.8) is 0 Å². The van der Waals surface area contributed by atoms with E-state index >= 15 is 0 Å². The van der Waals surface area contributed by atoms with Crippen molar-refractivity contribution in [2.75, 3.05) is 12.4 Å². The lowest BCUT2D eigenvalue weighted by Crippen LogP contribution is -2.05. The van der Waals surface area contributed by atoms with Gasteiger partial charge in [-0.1, -0.05) is 11.6 Å². The Morgan fingerprint density at radius 1 is 1.53 bits per heavy atom. The van der Waals surface area contributed by atoms with Crippen molar-refractivity contribution in [2.24, 2.45) is 7.05 Å². The molecule has 0 saturated carbocycles. The van der Waals surface area contributed by atoms with Gasteiger partial charge in [0.05, 0.1) is 7.11 Å². The monoisotopic (exact) mass is 282 g/mol. The molecule has 2 heterocycles. The van der Waals surface area contributed by atoms with Gasteiger partial charge in [0.2, 0.25) is 5.88 Å². The molecule has 7 nitrogen and oxygen atoms in total. The van der Waals surface area contributed by atoms with Crippen molar-refractivity contribution in [1.29, 1.82) is 0 Å². The molecule has 2 aromatic heterocycles. The Kier molecular flexibility index (Phi) is 3.57. The average molecular weight is 283 g/mol. The van der Waals surface area contributed by atoms with Gasteiger partial charge in [-0.05, 0) is 12.1 Å². The number of rotatable bonds is 4. The van der Waals surface area contributed by atoms with Crippen molar-refractivity contribution in [3.05, 3.63) is 28.9 Å². The maximum absolute atomic E-state index is 11.1. The molecule has 8 heteroatoms. The zero-order valence-corrected chi connectivity index (χ0v) is 11.0. The molecule has 0 aliphatic heterocycles. The maximum atomic E-state index is 11.1. The summed E-state index contributed by atoms with van der Waals surface area (Å²) in [6.07, 6.45) is 0. The van der Waals surface area contributed by atoms with Crippen LogP contribution in [-0.4, -0.2) is 33.0 Å². The summed E-state index contributed by atoms with van der Waals surface area (Å²) in [5.41, 5.74) is 0.00835. The highest BCUT2D eigenvalue weighted by atomic mass is 35.5. The molecule has 0 spiro atoms. The lowest BCUT2D eigenvalue weighted by molar-refractivity contribution is 0.0697. The largest absolute Gasteiger partial charge is 0.481 e. The summed E-state index contributed by atoms with van der Waals surface area (Å²) in [5.74, 6) is -0.0339. The first-order valence-electron chi connectivity index (χ1n) is 5.26. The summed E-state index contributed by atoms with van der Waals surface area (Å²) in [4.78, 5) is 15.0. The van der Waals surface area contributed by atoms with Gasteiger partial charge in [-0.3, -0.25) is 0 Å². The quantitative estimate of drug-likeness (QED) is 0.833. The second-order valence-electron chi connectivity index (χ2n) is 3.66. The molecule has 19 heavy (non-hydrogen) atoms. The second kappa shape index (κ2) is 5.15. The molecular weight excluding hydrogens is 272 g/mol. The number of anilines is 2. The summed E-state index contributed by atoms with van der Waals surface area (Å²) in [5, 5.41) is 16.2. The summed E-state index contributed by atoms with van der Waals surface area (Å²) in [6, 6.07) is 4.41. The number of halogens is 1. The lowest BCUT2D eigenvalue weighted by atomic mass is 10.2. The molecule has 0 aromatic carbocycles. The molecule has 0 unspecified atom stereocenters. The molecule has 2 N–H and O–H groups in total. The number of nitrogens with zero attached hydrogens (tertiary/aromatic N) is 3. The van der Waals surface area contributed by atoms with E-state index in [-0.39, 0.29) is 16.5 Å². The summed E-state index contributed by atoms with van der Waals surface area (Å²) < 4.78 is 6.57. The van der Waals surface area contributed by atoms with Gasteiger partial charge in [-0.2, -0.15) is 5.10 Å². The third kappa shape index (κ3) is 2.76. The van der Waals surface area contributed by atoms with Crippen LogP contribution in [-0.2, 0) is 7.05 Å². The van der Waals surface area contributed by atoms with Gasteiger partial charge in [-0.25, -0.2) is 14.5 Å². The van der Waals surface area contributed by atoms with E-state index in [0.717, 1.165) is 0 Å². The Bertz CT molecular complexity index is 626. The van der Waals surface area contributed by atoms with Crippen molar-refractivity contribution in [3.8, 4) is 5.88 Å². The highest BCUT2D eigenvalue weighted by Gasteiger charge is 2.14. The first-order valence-corrected chi connectivity index (χ1v) is 5.64. The number of pyridine rings is 1. The maximum Gasteiger partial charge on any atom is 0.339 e. The number of methoxy groups -OCH3 is 1. The van der Waals surface area contributed by atoms with Crippen LogP contribution in [0.25, 0.3) is 0 Å². The highest BCUT2D eigenvalue weighted by molar-refractivity contribution is 6.29. The molecule has 0 aliphatic carbocycles. The van der Waals surface area contributed by atoms with Crippen molar-refractivity contribution in [2.45, 2.75) is 0 Å². The van der Waals surface area contributed by atoms with Crippen molar-refractivity contribution in [1.82, 2.24) is 14.8 Å². The number of hydrogen-bond donors (Lipinski definition) is 2. The molecule has 0 bridgehead atoms. The minimum atomic E-state index is -1.10. The van der Waals surface area contributed by atoms with E-state index in [4.69, 9.17) is 21.4 Å². The van der Waals surface area contributed by atoms with Crippen LogP contribution in [0.4, 0.5) is 11.6 Å². The van der Waals surface area contributed by atoms with Crippen LogP contribution < -0.4 is 10.1 Å². The molecule has 2 aromatic rings. The van der Waals surface area contributed by atoms with Crippen LogP contribution in [0.3, 0.4) is 0 Å². The van der Waals surface area contributed by atoms with E-state index in [1.54, 1.807) is 13.1 Å². The van der Waals surface area contributed by atoms with E-state index in [1.165, 1.54) is 23.9 Å². The fraction of sp³-hybridized carbons (Fsp3) is 0.182. The number of nitrogens with one attached hydrogen (secondary N) is 1. The van der Waals surface area contributed by atoms with Gasteiger partial charge in [-0.15, -0.1) is 0 Å². The molecular formula is C11H11ClN4O3. The fourth-order valence-corrected chi connectivity index (χ4v) is 1.67. The van der Waals surface area contributed by atoms with E-state index < -0.39 is 5.97 Å². The van der Waals surface area contributed by atoms with Gasteiger partial charge < -0.3 is 15.2 Å². The Labute approximate surface area is 113 Å². The zero-order valence-electron chi connectivity index (χ0n) is 10.2. The Morgan fingerprint density at radius 3 is 2.84 bits per heavy atom. The SMILES string of the molecule is COc1cc(Nc2nc(Cl)ccc2C(=O)O)nn1C. The van der Waals surface area contributed by atoms with Gasteiger partial charge in [0.25, 0.3) is 0 Å². The number of carboxylic acid groups (broad SMARTS) is 1. The Hall–Kier alpha value is -2.28. The number of aryl methyl sites for hydroxylation is 1. The molecule has 0 radical (unpaired) electrons.